The van der Waals surface area contributed by atoms with Crippen LogP contribution in [0.1, 0.15) is 5.82 Å². The summed E-state index contributed by atoms with van der Waals surface area (Å²) in [4.78, 5) is 14.8. The topological polar surface area (TPSA) is 72.3 Å². The number of benzene rings is 2. The van der Waals surface area contributed by atoms with Gasteiger partial charge >= 0.3 is 0 Å². The average molecular weight is 523 g/mol. The molecule has 4 rings (SSSR count). The summed E-state index contributed by atoms with van der Waals surface area (Å²) in [5.74, 6) is 0.869. The number of hydrogen-bond acceptors (Lipinski definition) is 6. The largest absolute Gasteiger partial charge is 0.379 e. The van der Waals surface area contributed by atoms with Gasteiger partial charge in [0.25, 0.3) is 0 Å². The molecule has 1 fully saturated rings. The number of thioether (sulfide) groups is 1. The van der Waals surface area contributed by atoms with Crippen molar-refractivity contribution < 1.29 is 9.53 Å². The van der Waals surface area contributed by atoms with E-state index in [0.29, 0.717) is 22.4 Å². The molecule has 2 heterocycles. The zero-order chi connectivity index (χ0) is 21.6. The van der Waals surface area contributed by atoms with E-state index in [1.807, 2.05) is 41.0 Å². The highest BCUT2D eigenvalue weighted by atomic mass is 79.9. The summed E-state index contributed by atoms with van der Waals surface area (Å²) in [5, 5.41) is 12.8. The molecule has 1 aliphatic heterocycles. The lowest BCUT2D eigenvalue weighted by molar-refractivity contribution is -0.113. The number of halogens is 2. The standard InChI is InChI=1S/C21H21BrClN5O2S/c22-15-6-7-18(17(23)12-15)24-20(29)14-31-21-26-25-19(13-27-8-10-30-11-9-27)28(21)16-4-2-1-3-5-16/h1-7,12H,8-11,13-14H2,(H,24,29). The summed E-state index contributed by atoms with van der Waals surface area (Å²) in [6.45, 7) is 3.84. The van der Waals surface area contributed by atoms with Gasteiger partial charge in [0.05, 0.1) is 36.2 Å². The lowest BCUT2D eigenvalue weighted by atomic mass is 10.3. The Kier molecular flexibility index (Phi) is 7.62. The van der Waals surface area contributed by atoms with Crippen LogP contribution in [0.2, 0.25) is 5.02 Å². The van der Waals surface area contributed by atoms with Crippen molar-refractivity contribution in [2.75, 3.05) is 37.4 Å². The number of para-hydroxylation sites is 1. The molecule has 1 N–H and O–H groups in total. The fourth-order valence-corrected chi connectivity index (χ4v) is 4.69. The Morgan fingerprint density at radius 1 is 1.16 bits per heavy atom. The maximum Gasteiger partial charge on any atom is 0.234 e. The average Bonchev–Trinajstić information content (AvgIpc) is 3.18. The van der Waals surface area contributed by atoms with Gasteiger partial charge in [-0.15, -0.1) is 10.2 Å². The number of carbonyl (C=O) groups is 1. The number of aromatic nitrogens is 3. The van der Waals surface area contributed by atoms with Crippen LogP contribution >= 0.6 is 39.3 Å². The van der Waals surface area contributed by atoms with E-state index >= 15 is 0 Å². The molecule has 1 aliphatic rings. The first kappa shape index (κ1) is 22.3. The van der Waals surface area contributed by atoms with E-state index in [-0.39, 0.29) is 11.7 Å². The van der Waals surface area contributed by atoms with Crippen molar-refractivity contribution in [2.45, 2.75) is 11.7 Å². The molecule has 0 unspecified atom stereocenters. The SMILES string of the molecule is O=C(CSc1nnc(CN2CCOCC2)n1-c1ccccc1)Nc1ccc(Br)cc1Cl. The Labute approximate surface area is 198 Å². The van der Waals surface area contributed by atoms with Crippen LogP contribution in [0.15, 0.2) is 58.2 Å². The highest BCUT2D eigenvalue weighted by Crippen LogP contribution is 2.27. The van der Waals surface area contributed by atoms with Crippen molar-refractivity contribution in [1.82, 2.24) is 19.7 Å². The predicted octanol–water partition coefficient (Wildman–Crippen LogP) is 4.25. The Bertz CT molecular complexity index is 1040. The first-order valence-electron chi connectivity index (χ1n) is 9.77. The number of carbonyl (C=O) groups excluding carboxylic acids is 1. The molecule has 0 spiro atoms. The third-order valence-corrected chi connectivity index (χ3v) is 6.46. The van der Waals surface area contributed by atoms with Gasteiger partial charge in [0, 0.05) is 23.2 Å². The zero-order valence-electron chi connectivity index (χ0n) is 16.6. The van der Waals surface area contributed by atoms with Gasteiger partial charge in [-0.2, -0.15) is 0 Å². The lowest BCUT2D eigenvalue weighted by Gasteiger charge is -2.26. The summed E-state index contributed by atoms with van der Waals surface area (Å²) in [5.41, 5.74) is 1.54. The molecule has 0 saturated carbocycles. The van der Waals surface area contributed by atoms with Crippen LogP contribution in [0.5, 0.6) is 0 Å². The van der Waals surface area contributed by atoms with Crippen molar-refractivity contribution >= 4 is 50.9 Å². The number of ether oxygens (including phenoxy) is 1. The fourth-order valence-electron chi connectivity index (χ4n) is 3.20. The quantitative estimate of drug-likeness (QED) is 0.468. The van der Waals surface area contributed by atoms with Gasteiger partial charge in [0.15, 0.2) is 11.0 Å². The molecular weight excluding hydrogens is 502 g/mol. The van der Waals surface area contributed by atoms with E-state index < -0.39 is 0 Å². The molecule has 1 amide bonds. The molecule has 162 valence electrons. The maximum atomic E-state index is 12.5. The van der Waals surface area contributed by atoms with Crippen molar-refractivity contribution in [3.63, 3.8) is 0 Å². The molecule has 2 aromatic carbocycles. The number of rotatable bonds is 7. The van der Waals surface area contributed by atoms with Gasteiger partial charge in [0.1, 0.15) is 0 Å². The second-order valence-electron chi connectivity index (χ2n) is 6.92. The monoisotopic (exact) mass is 521 g/mol. The van der Waals surface area contributed by atoms with Gasteiger partial charge in [0.2, 0.25) is 5.91 Å². The third kappa shape index (κ3) is 5.87. The lowest BCUT2D eigenvalue weighted by Crippen LogP contribution is -2.36. The van der Waals surface area contributed by atoms with Crippen LogP contribution < -0.4 is 5.32 Å². The smallest absolute Gasteiger partial charge is 0.234 e. The number of nitrogens with zero attached hydrogens (tertiary/aromatic N) is 4. The molecule has 1 saturated heterocycles. The molecule has 7 nitrogen and oxygen atoms in total. The van der Waals surface area contributed by atoms with Crippen LogP contribution in [0, 0.1) is 0 Å². The molecule has 10 heteroatoms. The molecule has 0 radical (unpaired) electrons. The predicted molar refractivity (Wildman–Crippen MR) is 126 cm³/mol. The van der Waals surface area contributed by atoms with Gasteiger partial charge in [-0.25, -0.2) is 0 Å². The Morgan fingerprint density at radius 3 is 2.68 bits per heavy atom. The summed E-state index contributed by atoms with van der Waals surface area (Å²) < 4.78 is 8.31. The normalized spacial score (nSPS) is 14.5. The van der Waals surface area contributed by atoms with Crippen LogP contribution in [0.25, 0.3) is 5.69 Å². The van der Waals surface area contributed by atoms with E-state index in [0.717, 1.165) is 42.3 Å². The van der Waals surface area contributed by atoms with Crippen LogP contribution in [-0.2, 0) is 16.1 Å². The van der Waals surface area contributed by atoms with Crippen molar-refractivity contribution in [2.24, 2.45) is 0 Å². The van der Waals surface area contributed by atoms with E-state index in [2.05, 4.69) is 36.3 Å². The first-order valence-corrected chi connectivity index (χ1v) is 11.9. The molecule has 0 bridgehead atoms. The number of morpholine rings is 1. The van der Waals surface area contributed by atoms with E-state index in [1.165, 1.54) is 11.8 Å². The van der Waals surface area contributed by atoms with Gasteiger partial charge in [-0.3, -0.25) is 14.3 Å². The first-order chi connectivity index (χ1) is 15.1. The highest BCUT2D eigenvalue weighted by Gasteiger charge is 2.19. The van der Waals surface area contributed by atoms with E-state index in [1.54, 1.807) is 12.1 Å². The number of anilines is 1. The Hall–Kier alpha value is -1.91. The van der Waals surface area contributed by atoms with Crippen molar-refractivity contribution in [3.05, 3.63) is 63.9 Å². The van der Waals surface area contributed by atoms with Crippen LogP contribution in [-0.4, -0.2) is 57.6 Å². The minimum atomic E-state index is -0.161. The van der Waals surface area contributed by atoms with E-state index in [4.69, 9.17) is 16.3 Å². The third-order valence-electron chi connectivity index (χ3n) is 4.72. The summed E-state index contributed by atoms with van der Waals surface area (Å²) in [6, 6.07) is 15.3. The number of hydrogen-bond donors (Lipinski definition) is 1. The van der Waals surface area contributed by atoms with Crippen molar-refractivity contribution in [3.8, 4) is 5.69 Å². The Balaban J connectivity index is 1.48. The second-order valence-corrected chi connectivity index (χ2v) is 9.18. The Morgan fingerprint density at radius 2 is 1.94 bits per heavy atom. The minimum Gasteiger partial charge on any atom is -0.379 e. The van der Waals surface area contributed by atoms with Crippen LogP contribution in [0.3, 0.4) is 0 Å². The highest BCUT2D eigenvalue weighted by molar-refractivity contribution is 9.10. The number of amides is 1. The number of nitrogens with one attached hydrogen (secondary N) is 1. The maximum absolute atomic E-state index is 12.5. The van der Waals surface area contributed by atoms with Crippen LogP contribution in [0.4, 0.5) is 5.69 Å². The summed E-state index contributed by atoms with van der Waals surface area (Å²) in [7, 11) is 0. The van der Waals surface area contributed by atoms with Gasteiger partial charge in [-0.05, 0) is 30.3 Å². The molecule has 0 aliphatic carbocycles. The molecule has 3 aromatic rings. The van der Waals surface area contributed by atoms with Gasteiger partial charge < -0.3 is 10.1 Å². The van der Waals surface area contributed by atoms with E-state index in [9.17, 15) is 4.79 Å². The summed E-state index contributed by atoms with van der Waals surface area (Å²) in [6.07, 6.45) is 0. The second kappa shape index (κ2) is 10.6. The zero-order valence-corrected chi connectivity index (χ0v) is 19.8. The van der Waals surface area contributed by atoms with Gasteiger partial charge in [-0.1, -0.05) is 57.5 Å². The minimum absolute atomic E-state index is 0.161. The molecular formula is C21H21BrClN5O2S. The molecule has 31 heavy (non-hydrogen) atoms. The van der Waals surface area contributed by atoms with Crippen molar-refractivity contribution in [1.29, 1.82) is 0 Å². The molecule has 0 atom stereocenters. The fraction of sp³-hybridized carbons (Fsp3) is 0.286. The summed E-state index contributed by atoms with van der Waals surface area (Å²) >= 11 is 10.9. The molecule has 1 aromatic heterocycles.